The Kier molecular flexibility index (Phi) is 12.5. The third-order valence-electron chi connectivity index (χ3n) is 3.11. The van der Waals surface area contributed by atoms with Crippen molar-refractivity contribution < 1.29 is 4.74 Å². The fourth-order valence-corrected chi connectivity index (χ4v) is 1.95. The van der Waals surface area contributed by atoms with Gasteiger partial charge in [0.05, 0.1) is 6.10 Å². The van der Waals surface area contributed by atoms with Crippen molar-refractivity contribution in [3.63, 3.8) is 0 Å². The van der Waals surface area contributed by atoms with Crippen molar-refractivity contribution in [2.75, 3.05) is 7.11 Å². The van der Waals surface area contributed by atoms with E-state index in [1.807, 2.05) is 0 Å². The zero-order valence-corrected chi connectivity index (χ0v) is 11.2. The average molecular weight is 225 g/mol. The average Bonchev–Trinajstić information content (AvgIpc) is 2.32. The maximum absolute atomic E-state index is 5.44. The van der Waals surface area contributed by atoms with Crippen LogP contribution in [-0.4, -0.2) is 13.2 Å². The van der Waals surface area contributed by atoms with Gasteiger partial charge in [-0.05, 0) is 6.42 Å². The van der Waals surface area contributed by atoms with Crippen LogP contribution in [0.4, 0.5) is 0 Å². The van der Waals surface area contributed by atoms with E-state index in [2.05, 4.69) is 6.92 Å². The molecule has 0 saturated carbocycles. The van der Waals surface area contributed by atoms with Crippen LogP contribution < -0.4 is 0 Å². The minimum Gasteiger partial charge on any atom is -0.377 e. The molecule has 0 aromatic carbocycles. The zero-order valence-electron chi connectivity index (χ0n) is 11.2. The molecule has 0 heterocycles. The Labute approximate surface area is 102 Å². The fraction of sp³-hybridized carbons (Fsp3) is 0.867. The highest BCUT2D eigenvalue weighted by Crippen LogP contribution is 2.12. The topological polar surface area (TPSA) is 9.23 Å². The molecule has 95 valence electrons. The fourth-order valence-electron chi connectivity index (χ4n) is 1.95. The predicted molar refractivity (Wildman–Crippen MR) is 71.5 cm³/mol. The smallest absolute Gasteiger partial charge is 0.0755 e. The van der Waals surface area contributed by atoms with Gasteiger partial charge in [0.1, 0.15) is 0 Å². The van der Waals surface area contributed by atoms with E-state index in [9.17, 15) is 0 Å². The molecule has 1 radical (unpaired) electrons. The normalized spacial score (nSPS) is 12.6. The van der Waals surface area contributed by atoms with Crippen molar-refractivity contribution >= 4 is 0 Å². The van der Waals surface area contributed by atoms with Gasteiger partial charge in [-0.2, -0.15) is 0 Å². The van der Waals surface area contributed by atoms with Crippen molar-refractivity contribution in [1.82, 2.24) is 0 Å². The second kappa shape index (κ2) is 12.8. The lowest BCUT2D eigenvalue weighted by molar-refractivity contribution is 0.131. The van der Waals surface area contributed by atoms with Crippen molar-refractivity contribution in [2.24, 2.45) is 0 Å². The standard InChI is InChI=1S/C15H29O/c1-4-6-7-8-9-10-11-12-13-14-15(5-2)16-3/h2,5,15H,4,6-14H2,1,3H3. The molecule has 0 aliphatic heterocycles. The van der Waals surface area contributed by atoms with Gasteiger partial charge in [-0.1, -0.05) is 77.4 Å². The number of hydrogen-bond acceptors (Lipinski definition) is 1. The highest BCUT2D eigenvalue weighted by Gasteiger charge is 2.00. The summed E-state index contributed by atoms with van der Waals surface area (Å²) < 4.78 is 5.19. The second-order valence-corrected chi connectivity index (χ2v) is 4.58. The molecule has 0 N–H and O–H groups in total. The molecule has 0 bridgehead atoms. The molecule has 0 aliphatic rings. The van der Waals surface area contributed by atoms with Crippen LogP contribution in [0.3, 0.4) is 0 Å². The molecule has 0 spiro atoms. The predicted octanol–water partition coefficient (Wildman–Crippen LogP) is 4.91. The van der Waals surface area contributed by atoms with Crippen LogP contribution >= 0.6 is 0 Å². The Morgan fingerprint density at radius 2 is 1.44 bits per heavy atom. The van der Waals surface area contributed by atoms with Gasteiger partial charge in [0.15, 0.2) is 0 Å². The lowest BCUT2D eigenvalue weighted by atomic mass is 10.1. The van der Waals surface area contributed by atoms with Crippen LogP contribution in [0.5, 0.6) is 0 Å². The van der Waals surface area contributed by atoms with Crippen LogP contribution in [0.15, 0.2) is 6.08 Å². The molecule has 16 heavy (non-hydrogen) atoms. The number of ether oxygens (including phenoxy) is 1. The number of hydrogen-bond donors (Lipinski definition) is 0. The molecular formula is C15H29O. The maximum Gasteiger partial charge on any atom is 0.0755 e. The van der Waals surface area contributed by atoms with Gasteiger partial charge in [-0.25, -0.2) is 0 Å². The number of rotatable bonds is 12. The first-order chi connectivity index (χ1) is 7.85. The summed E-state index contributed by atoms with van der Waals surface area (Å²) in [5.41, 5.74) is 0. The Bertz CT molecular complexity index is 142. The monoisotopic (exact) mass is 225 g/mol. The number of unbranched alkanes of at least 4 members (excludes halogenated alkanes) is 8. The Hall–Kier alpha value is -0.300. The summed E-state index contributed by atoms with van der Waals surface area (Å²) >= 11 is 0. The molecule has 0 saturated heterocycles. The molecule has 0 aromatic heterocycles. The van der Waals surface area contributed by atoms with Crippen LogP contribution in [0.25, 0.3) is 0 Å². The molecule has 0 fully saturated rings. The first-order valence-electron chi connectivity index (χ1n) is 6.93. The number of methoxy groups -OCH3 is 1. The SMILES string of the molecule is [CH]=CC(CCCCCCCCCCC)OC. The van der Waals surface area contributed by atoms with E-state index >= 15 is 0 Å². The molecule has 0 aromatic rings. The Balaban J connectivity index is 3.06. The van der Waals surface area contributed by atoms with Gasteiger partial charge in [0.2, 0.25) is 0 Å². The lowest BCUT2D eigenvalue weighted by Gasteiger charge is -2.09. The van der Waals surface area contributed by atoms with Crippen molar-refractivity contribution in [3.05, 3.63) is 12.7 Å². The molecule has 0 aliphatic carbocycles. The summed E-state index contributed by atoms with van der Waals surface area (Å²) in [6.07, 6.45) is 15.2. The summed E-state index contributed by atoms with van der Waals surface area (Å²) in [7, 11) is 1.72. The van der Waals surface area contributed by atoms with Crippen molar-refractivity contribution in [3.8, 4) is 0 Å². The van der Waals surface area contributed by atoms with Gasteiger partial charge in [-0.3, -0.25) is 0 Å². The van der Waals surface area contributed by atoms with Gasteiger partial charge in [0.25, 0.3) is 0 Å². The molecule has 1 unspecified atom stereocenters. The zero-order chi connectivity index (χ0) is 12.1. The first-order valence-corrected chi connectivity index (χ1v) is 6.93. The molecule has 0 rings (SSSR count). The maximum atomic E-state index is 5.44. The van der Waals surface area contributed by atoms with E-state index in [-0.39, 0.29) is 6.10 Å². The third-order valence-corrected chi connectivity index (χ3v) is 3.11. The molecule has 1 heteroatoms. The van der Waals surface area contributed by atoms with Crippen molar-refractivity contribution in [2.45, 2.75) is 77.2 Å². The summed E-state index contributed by atoms with van der Waals surface area (Å²) in [6.45, 7) is 7.71. The third kappa shape index (κ3) is 10.2. The van der Waals surface area contributed by atoms with Gasteiger partial charge in [-0.15, -0.1) is 0 Å². The van der Waals surface area contributed by atoms with Gasteiger partial charge >= 0.3 is 0 Å². The van der Waals surface area contributed by atoms with Gasteiger partial charge in [0, 0.05) is 7.11 Å². The summed E-state index contributed by atoms with van der Waals surface area (Å²) in [6, 6.07) is 0. The quantitative estimate of drug-likeness (QED) is 0.429. The van der Waals surface area contributed by atoms with Crippen LogP contribution in [0, 0.1) is 6.58 Å². The Morgan fingerprint density at radius 3 is 1.88 bits per heavy atom. The van der Waals surface area contributed by atoms with E-state index in [0.717, 1.165) is 6.42 Å². The van der Waals surface area contributed by atoms with E-state index in [4.69, 9.17) is 11.3 Å². The summed E-state index contributed by atoms with van der Waals surface area (Å²) in [5.74, 6) is 0. The molecule has 1 atom stereocenters. The molecular weight excluding hydrogens is 196 g/mol. The van der Waals surface area contributed by atoms with Crippen LogP contribution in [0.1, 0.15) is 71.1 Å². The summed E-state index contributed by atoms with van der Waals surface area (Å²) in [5, 5.41) is 0. The highest BCUT2D eigenvalue weighted by molar-refractivity contribution is 4.76. The van der Waals surface area contributed by atoms with E-state index in [1.165, 1.54) is 57.8 Å². The molecule has 0 amide bonds. The van der Waals surface area contributed by atoms with Gasteiger partial charge < -0.3 is 4.74 Å². The largest absolute Gasteiger partial charge is 0.377 e. The minimum absolute atomic E-state index is 0.157. The van der Waals surface area contributed by atoms with Crippen molar-refractivity contribution in [1.29, 1.82) is 0 Å². The van der Waals surface area contributed by atoms with E-state index in [0.29, 0.717) is 0 Å². The van der Waals surface area contributed by atoms with Crippen LogP contribution in [-0.2, 0) is 4.74 Å². The van der Waals surface area contributed by atoms with E-state index in [1.54, 1.807) is 13.2 Å². The Morgan fingerprint density at radius 1 is 0.938 bits per heavy atom. The lowest BCUT2D eigenvalue weighted by Crippen LogP contribution is -2.05. The first kappa shape index (κ1) is 15.7. The minimum atomic E-state index is 0.157. The molecule has 1 nitrogen and oxygen atoms in total. The second-order valence-electron chi connectivity index (χ2n) is 4.58. The summed E-state index contributed by atoms with van der Waals surface area (Å²) in [4.78, 5) is 0. The van der Waals surface area contributed by atoms with E-state index < -0.39 is 0 Å². The highest BCUT2D eigenvalue weighted by atomic mass is 16.5. The van der Waals surface area contributed by atoms with Crippen LogP contribution in [0.2, 0.25) is 0 Å².